The lowest BCUT2D eigenvalue weighted by atomic mass is 9.84. The number of amides is 1. The first-order valence-corrected chi connectivity index (χ1v) is 9.32. The van der Waals surface area contributed by atoms with Crippen LogP contribution in [0.4, 0.5) is 13.2 Å². The van der Waals surface area contributed by atoms with E-state index in [-0.39, 0.29) is 37.3 Å². The van der Waals surface area contributed by atoms with Gasteiger partial charge in [-0.1, -0.05) is 27.9 Å². The topological polar surface area (TPSA) is 54.8 Å². The molecule has 1 saturated carbocycles. The lowest BCUT2D eigenvalue weighted by molar-refractivity contribution is -0.138. The maximum atomic E-state index is 13.5. The van der Waals surface area contributed by atoms with E-state index in [4.69, 9.17) is 13.1 Å². The molecule has 2 aromatic rings. The van der Waals surface area contributed by atoms with Crippen LogP contribution < -0.4 is 0 Å². The van der Waals surface area contributed by atoms with Gasteiger partial charge in [0, 0.05) is 31.2 Å². The molecule has 1 saturated heterocycles. The molecular formula is C21H18F3N5O+2. The molecule has 2 fully saturated rings. The molecule has 0 radical (unpaired) electrons. The van der Waals surface area contributed by atoms with Crippen molar-refractivity contribution in [3.05, 3.63) is 69.4 Å². The van der Waals surface area contributed by atoms with Gasteiger partial charge in [0.1, 0.15) is 13.1 Å². The first-order chi connectivity index (χ1) is 14.3. The zero-order chi connectivity index (χ0) is 21.6. The van der Waals surface area contributed by atoms with Gasteiger partial charge in [-0.25, -0.2) is 9.97 Å². The number of benzene rings is 1. The van der Waals surface area contributed by atoms with Crippen LogP contribution in [-0.4, -0.2) is 44.9 Å². The van der Waals surface area contributed by atoms with Crippen molar-refractivity contribution in [3.63, 3.8) is 0 Å². The van der Waals surface area contributed by atoms with E-state index in [0.29, 0.717) is 0 Å². The molecule has 30 heavy (non-hydrogen) atoms. The Kier molecular flexibility index (Phi) is 4.50. The van der Waals surface area contributed by atoms with Crippen LogP contribution in [0.25, 0.3) is 9.69 Å². The van der Waals surface area contributed by atoms with E-state index in [1.165, 1.54) is 29.4 Å². The second-order valence-corrected chi connectivity index (χ2v) is 7.75. The van der Waals surface area contributed by atoms with Crippen molar-refractivity contribution >= 4 is 5.91 Å². The molecule has 2 aliphatic rings. The zero-order valence-corrected chi connectivity index (χ0v) is 15.9. The lowest BCUT2D eigenvalue weighted by Gasteiger charge is -2.19. The molecule has 6 nitrogen and oxygen atoms in total. The van der Waals surface area contributed by atoms with Crippen LogP contribution in [0.5, 0.6) is 0 Å². The van der Waals surface area contributed by atoms with Crippen LogP contribution in [0.2, 0.25) is 0 Å². The summed E-state index contributed by atoms with van der Waals surface area (Å²) in [6.45, 7) is 11.7. The smallest absolute Gasteiger partial charge is 0.319 e. The maximum Gasteiger partial charge on any atom is 0.416 e. The summed E-state index contributed by atoms with van der Waals surface area (Å²) in [5, 5.41) is 0. The van der Waals surface area contributed by atoms with Crippen molar-refractivity contribution in [2.24, 2.45) is 0 Å². The van der Waals surface area contributed by atoms with Crippen LogP contribution in [-0.2, 0) is 6.18 Å². The highest BCUT2D eigenvalue weighted by atomic mass is 19.4. The number of hydrogen-bond acceptors (Lipinski definition) is 3. The Bertz CT molecular complexity index is 1040. The molecule has 1 aromatic heterocycles. The molecule has 152 valence electrons. The summed E-state index contributed by atoms with van der Waals surface area (Å²) in [6, 6.07) is 7.04. The second-order valence-electron chi connectivity index (χ2n) is 7.75. The monoisotopic (exact) mass is 413 g/mol. The predicted octanol–water partition coefficient (Wildman–Crippen LogP) is 3.93. The van der Waals surface area contributed by atoms with Gasteiger partial charge in [-0.15, -0.1) is 0 Å². The predicted molar refractivity (Wildman–Crippen MR) is 103 cm³/mol. The molecule has 1 aliphatic carbocycles. The number of halogens is 3. The summed E-state index contributed by atoms with van der Waals surface area (Å²) < 4.78 is 40.6. The highest BCUT2D eigenvalue weighted by molar-refractivity contribution is 5.91. The first kappa shape index (κ1) is 19.8. The summed E-state index contributed by atoms with van der Waals surface area (Å²) >= 11 is 0. The molecular weight excluding hydrogens is 395 g/mol. The average Bonchev–Trinajstić information content (AvgIpc) is 3.23. The minimum atomic E-state index is -4.49. The molecule has 1 aromatic carbocycles. The molecule has 3 atom stereocenters. The standard InChI is InChI=1S/C21H18F3N5O/c1-25-19-10-14(15-6-3-4-7-16(15)21(22,23)24)11-20(19,26-2)13-29(12-19)18(30)17-27-8-5-9-28-17/h1-9,14H,10-13H2/q+2/t14?,19-,20+. The summed E-state index contributed by atoms with van der Waals surface area (Å²) in [7, 11) is 0. The number of carbonyl (C=O) groups excluding carboxylic acids is 1. The van der Waals surface area contributed by atoms with Gasteiger partial charge in [0.15, 0.2) is 0 Å². The number of alkyl halides is 3. The molecule has 0 spiro atoms. The van der Waals surface area contributed by atoms with E-state index in [1.54, 1.807) is 12.1 Å². The first-order valence-electron chi connectivity index (χ1n) is 9.32. The Labute approximate surface area is 171 Å². The maximum absolute atomic E-state index is 13.5. The van der Waals surface area contributed by atoms with Crippen LogP contribution in [0.3, 0.4) is 0 Å². The fourth-order valence-corrected chi connectivity index (χ4v) is 4.83. The van der Waals surface area contributed by atoms with Crippen molar-refractivity contribution in [1.29, 1.82) is 0 Å². The minimum Gasteiger partial charge on any atom is -0.319 e. The van der Waals surface area contributed by atoms with Crippen LogP contribution in [0.1, 0.15) is 40.5 Å². The van der Waals surface area contributed by atoms with Crippen molar-refractivity contribution < 1.29 is 18.0 Å². The van der Waals surface area contributed by atoms with Gasteiger partial charge in [-0.05, 0) is 17.7 Å². The normalized spacial score (nSPS) is 27.9. The van der Waals surface area contributed by atoms with E-state index >= 15 is 0 Å². The van der Waals surface area contributed by atoms with Crippen LogP contribution >= 0.6 is 0 Å². The summed E-state index contributed by atoms with van der Waals surface area (Å²) in [5.41, 5.74) is -2.71. The molecule has 1 amide bonds. The fourth-order valence-electron chi connectivity index (χ4n) is 4.83. The van der Waals surface area contributed by atoms with Gasteiger partial charge in [0.05, 0.1) is 5.56 Å². The molecule has 9 heteroatoms. The van der Waals surface area contributed by atoms with Gasteiger partial charge in [0.25, 0.3) is 19.1 Å². The summed E-state index contributed by atoms with van der Waals surface area (Å²) in [5.74, 6) is -0.924. The van der Waals surface area contributed by atoms with E-state index in [1.807, 2.05) is 0 Å². The average molecular weight is 413 g/mol. The van der Waals surface area contributed by atoms with E-state index in [2.05, 4.69) is 19.7 Å². The third-order valence-electron chi connectivity index (χ3n) is 6.18. The largest absolute Gasteiger partial charge is 0.416 e. The third kappa shape index (κ3) is 2.89. The molecule has 2 heterocycles. The Hall–Kier alpha value is -3.46. The van der Waals surface area contributed by atoms with E-state index < -0.39 is 34.6 Å². The van der Waals surface area contributed by atoms with Crippen LogP contribution in [0, 0.1) is 13.1 Å². The van der Waals surface area contributed by atoms with E-state index in [9.17, 15) is 18.0 Å². The number of carbonyl (C=O) groups is 1. The number of likely N-dealkylation sites (tertiary alicyclic amines) is 1. The number of rotatable bonds is 2. The van der Waals surface area contributed by atoms with Crippen molar-refractivity contribution in [3.8, 4) is 13.1 Å². The zero-order valence-electron chi connectivity index (χ0n) is 15.9. The van der Waals surface area contributed by atoms with Gasteiger partial charge in [-0.2, -0.15) is 13.2 Å². The molecule has 1 aliphatic heterocycles. The number of nitrogens with zero attached hydrogens (tertiary/aromatic N) is 5. The van der Waals surface area contributed by atoms with E-state index in [0.717, 1.165) is 6.07 Å². The second kappa shape index (κ2) is 6.81. The highest BCUT2D eigenvalue weighted by Gasteiger charge is 2.81. The molecule has 4 rings (SSSR count). The van der Waals surface area contributed by atoms with Crippen LogP contribution in [0.15, 0.2) is 42.7 Å². The lowest BCUT2D eigenvalue weighted by Crippen LogP contribution is -2.43. The molecule has 1 unspecified atom stereocenters. The van der Waals surface area contributed by atoms with Crippen molar-refractivity contribution in [2.75, 3.05) is 13.1 Å². The molecule has 0 N–H and O–H groups in total. The van der Waals surface area contributed by atoms with Crippen molar-refractivity contribution in [1.82, 2.24) is 14.9 Å². The minimum absolute atomic E-state index is 0.00998. The van der Waals surface area contributed by atoms with Gasteiger partial charge in [-0.3, -0.25) is 4.79 Å². The van der Waals surface area contributed by atoms with Crippen molar-refractivity contribution in [2.45, 2.75) is 36.0 Å². The highest BCUT2D eigenvalue weighted by Crippen LogP contribution is 2.57. The Morgan fingerprint density at radius 1 is 1.03 bits per heavy atom. The summed E-state index contributed by atoms with van der Waals surface area (Å²) in [6.07, 6.45) is -1.20. The Morgan fingerprint density at radius 3 is 2.13 bits per heavy atom. The summed E-state index contributed by atoms with van der Waals surface area (Å²) in [4.78, 5) is 30.3. The number of aromatic nitrogens is 2. The quantitative estimate of drug-likeness (QED) is 0.750. The van der Waals surface area contributed by atoms with Gasteiger partial charge in [0.2, 0.25) is 5.82 Å². The number of fused-ring (bicyclic) bond motifs is 1. The Balaban J connectivity index is 1.69. The van der Waals surface area contributed by atoms with Gasteiger partial charge < -0.3 is 4.90 Å². The SMILES string of the molecule is C#[N+][C@@]12CC(c3ccccc3C(F)(F)F)C[C@]1([N+]#C)CN(C(=O)c1ncccn1)C2. The Morgan fingerprint density at radius 2 is 1.60 bits per heavy atom. The third-order valence-corrected chi connectivity index (χ3v) is 6.18. The fraction of sp³-hybridized carbons (Fsp3) is 0.381. The van der Waals surface area contributed by atoms with Gasteiger partial charge >= 0.3 is 17.3 Å². The number of hydrogen-bond donors (Lipinski definition) is 0. The molecule has 0 bridgehead atoms.